The molecule has 0 aliphatic carbocycles. The summed E-state index contributed by atoms with van der Waals surface area (Å²) < 4.78 is 0. The number of hydrogen-bond acceptors (Lipinski definition) is 3. The van der Waals surface area contributed by atoms with Crippen molar-refractivity contribution in [1.29, 1.82) is 0 Å². The number of rotatable bonds is 3. The quantitative estimate of drug-likeness (QED) is 0.740. The molecule has 1 fully saturated rings. The molecule has 1 unspecified atom stereocenters. The van der Waals surface area contributed by atoms with E-state index in [0.717, 1.165) is 12.8 Å². The van der Waals surface area contributed by atoms with E-state index < -0.39 is 11.7 Å². The van der Waals surface area contributed by atoms with Crippen LogP contribution in [0.4, 0.5) is 10.5 Å². The number of benzene rings is 1. The molecule has 1 saturated heterocycles. The molecule has 0 spiro atoms. The second-order valence-corrected chi connectivity index (χ2v) is 4.95. The highest BCUT2D eigenvalue weighted by Crippen LogP contribution is 2.28. The zero-order chi connectivity index (χ0) is 14.7. The third-order valence-corrected chi connectivity index (χ3v) is 3.66. The monoisotopic (exact) mass is 278 g/mol. The number of hydrogen-bond donors (Lipinski definition) is 3. The molecule has 0 aromatic heterocycles. The van der Waals surface area contributed by atoms with Crippen molar-refractivity contribution in [3.05, 3.63) is 23.8 Å². The van der Waals surface area contributed by atoms with Crippen molar-refractivity contribution in [2.75, 3.05) is 18.4 Å². The Labute approximate surface area is 117 Å². The Morgan fingerprint density at radius 2 is 2.20 bits per heavy atom. The van der Waals surface area contributed by atoms with Gasteiger partial charge in [0.25, 0.3) is 0 Å². The number of phenols is 1. The van der Waals surface area contributed by atoms with Crippen LogP contribution in [0.25, 0.3) is 0 Å². The maximum atomic E-state index is 12.1. The maximum absolute atomic E-state index is 12.1. The molecule has 1 aromatic rings. The van der Waals surface area contributed by atoms with Crippen LogP contribution in [-0.4, -0.2) is 40.2 Å². The highest BCUT2D eigenvalue weighted by molar-refractivity contribution is 5.97. The van der Waals surface area contributed by atoms with E-state index in [0.29, 0.717) is 19.0 Å². The van der Waals surface area contributed by atoms with Gasteiger partial charge in [0.1, 0.15) is 5.56 Å². The van der Waals surface area contributed by atoms with Gasteiger partial charge >= 0.3 is 12.0 Å². The molecule has 1 aromatic carbocycles. The Morgan fingerprint density at radius 3 is 2.80 bits per heavy atom. The first-order valence-corrected chi connectivity index (χ1v) is 6.64. The van der Waals surface area contributed by atoms with E-state index in [1.165, 1.54) is 18.2 Å². The molecule has 6 heteroatoms. The van der Waals surface area contributed by atoms with E-state index in [1.54, 1.807) is 4.90 Å². The Balaban J connectivity index is 2.09. The largest absolute Gasteiger partial charge is 0.505 e. The lowest BCUT2D eigenvalue weighted by molar-refractivity contribution is 0.0693. The summed E-state index contributed by atoms with van der Waals surface area (Å²) in [6.07, 6.45) is 2.01. The van der Waals surface area contributed by atoms with Gasteiger partial charge in [-0.1, -0.05) is 19.4 Å². The van der Waals surface area contributed by atoms with Crippen LogP contribution in [0.15, 0.2) is 18.2 Å². The van der Waals surface area contributed by atoms with E-state index in [1.807, 2.05) is 0 Å². The summed E-state index contributed by atoms with van der Waals surface area (Å²) in [5.74, 6) is -1.13. The lowest BCUT2D eigenvalue weighted by Crippen LogP contribution is -2.33. The van der Waals surface area contributed by atoms with Gasteiger partial charge in [-0.15, -0.1) is 0 Å². The summed E-state index contributed by atoms with van der Waals surface area (Å²) in [6, 6.07) is 3.94. The van der Waals surface area contributed by atoms with Gasteiger partial charge in [0.2, 0.25) is 0 Å². The lowest BCUT2D eigenvalue weighted by atomic mass is 10.1. The van der Waals surface area contributed by atoms with Gasteiger partial charge in [-0.3, -0.25) is 0 Å². The van der Waals surface area contributed by atoms with Crippen LogP contribution < -0.4 is 5.32 Å². The Kier molecular flexibility index (Phi) is 4.12. The highest BCUT2D eigenvalue weighted by Gasteiger charge is 2.25. The Hall–Kier alpha value is -2.24. The van der Waals surface area contributed by atoms with Crippen LogP contribution in [-0.2, 0) is 0 Å². The SMILES string of the molecule is CCC1CCN(C(=O)Nc2cccc(C(=O)O)c2O)C1. The summed E-state index contributed by atoms with van der Waals surface area (Å²) in [5, 5.41) is 21.3. The molecule has 3 N–H and O–H groups in total. The molecule has 0 bridgehead atoms. The molecule has 108 valence electrons. The predicted molar refractivity (Wildman–Crippen MR) is 74.1 cm³/mol. The van der Waals surface area contributed by atoms with Gasteiger partial charge < -0.3 is 20.4 Å². The second-order valence-electron chi connectivity index (χ2n) is 4.95. The van der Waals surface area contributed by atoms with Crippen molar-refractivity contribution in [3.8, 4) is 5.75 Å². The highest BCUT2D eigenvalue weighted by atomic mass is 16.4. The Morgan fingerprint density at radius 1 is 1.45 bits per heavy atom. The first kappa shape index (κ1) is 14.2. The number of nitrogens with zero attached hydrogens (tertiary/aromatic N) is 1. The van der Waals surface area contributed by atoms with E-state index in [9.17, 15) is 14.7 Å². The zero-order valence-corrected chi connectivity index (χ0v) is 11.3. The first-order chi connectivity index (χ1) is 9.52. The van der Waals surface area contributed by atoms with Gasteiger partial charge in [-0.25, -0.2) is 9.59 Å². The molecular formula is C14H18N2O4. The molecular weight excluding hydrogens is 260 g/mol. The van der Waals surface area contributed by atoms with Crippen LogP contribution in [0.5, 0.6) is 5.75 Å². The fraction of sp³-hybridized carbons (Fsp3) is 0.429. The third kappa shape index (κ3) is 2.84. The van der Waals surface area contributed by atoms with E-state index >= 15 is 0 Å². The minimum atomic E-state index is -1.23. The molecule has 0 radical (unpaired) electrons. The summed E-state index contributed by atoms with van der Waals surface area (Å²) in [5.41, 5.74) is -0.106. The number of likely N-dealkylation sites (tertiary alicyclic amines) is 1. The van der Waals surface area contributed by atoms with Gasteiger partial charge in [0.05, 0.1) is 5.69 Å². The molecule has 1 heterocycles. The number of anilines is 1. The minimum absolute atomic E-state index is 0.120. The summed E-state index contributed by atoms with van der Waals surface area (Å²) in [7, 11) is 0. The van der Waals surface area contributed by atoms with Crippen LogP contribution in [0.1, 0.15) is 30.1 Å². The van der Waals surface area contributed by atoms with E-state index in [2.05, 4.69) is 12.2 Å². The van der Waals surface area contributed by atoms with Crippen molar-refractivity contribution >= 4 is 17.7 Å². The molecule has 1 aliphatic rings. The number of urea groups is 1. The number of carbonyl (C=O) groups is 2. The van der Waals surface area contributed by atoms with Crippen molar-refractivity contribution in [3.63, 3.8) is 0 Å². The summed E-state index contributed by atoms with van der Waals surface area (Å²) in [4.78, 5) is 24.7. The summed E-state index contributed by atoms with van der Waals surface area (Å²) >= 11 is 0. The van der Waals surface area contributed by atoms with Gasteiger partial charge in [-0.2, -0.15) is 0 Å². The number of carboxylic acids is 1. The summed E-state index contributed by atoms with van der Waals surface area (Å²) in [6.45, 7) is 3.47. The van der Waals surface area contributed by atoms with Crippen molar-refractivity contribution in [2.24, 2.45) is 5.92 Å². The number of para-hydroxylation sites is 1. The standard InChI is InChI=1S/C14H18N2O4/c1-2-9-6-7-16(8-9)14(20)15-11-5-3-4-10(12(11)17)13(18)19/h3-5,9,17H,2,6-8H2,1H3,(H,15,20)(H,18,19). The lowest BCUT2D eigenvalue weighted by Gasteiger charge is -2.18. The topological polar surface area (TPSA) is 89.9 Å². The van der Waals surface area contributed by atoms with Gasteiger partial charge in [0.15, 0.2) is 5.75 Å². The molecule has 20 heavy (non-hydrogen) atoms. The van der Waals surface area contributed by atoms with Crippen LogP contribution in [0.3, 0.4) is 0 Å². The third-order valence-electron chi connectivity index (χ3n) is 3.66. The van der Waals surface area contributed by atoms with Gasteiger partial charge in [-0.05, 0) is 24.5 Å². The first-order valence-electron chi connectivity index (χ1n) is 6.64. The normalized spacial score (nSPS) is 18.1. The number of carboxylic acid groups (broad SMARTS) is 1. The van der Waals surface area contributed by atoms with Crippen molar-refractivity contribution in [2.45, 2.75) is 19.8 Å². The van der Waals surface area contributed by atoms with E-state index in [4.69, 9.17) is 5.11 Å². The van der Waals surface area contributed by atoms with E-state index in [-0.39, 0.29) is 17.3 Å². The van der Waals surface area contributed by atoms with Crippen LogP contribution in [0, 0.1) is 5.92 Å². The molecule has 2 amide bonds. The van der Waals surface area contributed by atoms with Crippen LogP contribution in [0.2, 0.25) is 0 Å². The fourth-order valence-electron chi connectivity index (χ4n) is 2.36. The Bertz CT molecular complexity index is 530. The van der Waals surface area contributed by atoms with Crippen molar-refractivity contribution < 1.29 is 19.8 Å². The number of carbonyl (C=O) groups excluding carboxylic acids is 1. The maximum Gasteiger partial charge on any atom is 0.339 e. The van der Waals surface area contributed by atoms with Crippen LogP contribution >= 0.6 is 0 Å². The zero-order valence-electron chi connectivity index (χ0n) is 11.3. The predicted octanol–water partition coefficient (Wildman–Crippen LogP) is 2.35. The minimum Gasteiger partial charge on any atom is -0.505 e. The van der Waals surface area contributed by atoms with Crippen molar-refractivity contribution in [1.82, 2.24) is 4.90 Å². The number of aromatic hydroxyl groups is 1. The van der Waals surface area contributed by atoms with Gasteiger partial charge in [0, 0.05) is 13.1 Å². The second kappa shape index (κ2) is 5.81. The number of amides is 2. The molecule has 2 rings (SSSR count). The molecule has 1 atom stereocenters. The molecule has 6 nitrogen and oxygen atoms in total. The average Bonchev–Trinajstić information content (AvgIpc) is 2.89. The number of nitrogens with one attached hydrogen (secondary N) is 1. The molecule has 0 saturated carbocycles. The smallest absolute Gasteiger partial charge is 0.339 e. The number of aromatic carboxylic acids is 1. The average molecular weight is 278 g/mol. The fourth-order valence-corrected chi connectivity index (χ4v) is 2.36. The molecule has 1 aliphatic heterocycles.